The van der Waals surface area contributed by atoms with Crippen LogP contribution >= 0.6 is 12.4 Å². The van der Waals surface area contributed by atoms with Gasteiger partial charge >= 0.3 is 0 Å². The summed E-state index contributed by atoms with van der Waals surface area (Å²) in [5.74, 6) is 1.36. The average Bonchev–Trinajstić information content (AvgIpc) is 3.13. The van der Waals surface area contributed by atoms with Crippen LogP contribution in [0.1, 0.15) is 17.4 Å². The first-order valence-corrected chi connectivity index (χ1v) is 8.94. The van der Waals surface area contributed by atoms with Gasteiger partial charge in [0.1, 0.15) is 0 Å². The third-order valence-electron chi connectivity index (χ3n) is 5.00. The van der Waals surface area contributed by atoms with Crippen LogP contribution < -0.4 is 5.32 Å². The highest BCUT2D eigenvalue weighted by molar-refractivity contribution is 5.85. The number of hydrogen-bond acceptors (Lipinski definition) is 7. The first kappa shape index (κ1) is 19.3. The lowest BCUT2D eigenvalue weighted by molar-refractivity contribution is 0.0342. The average molecular weight is 380 g/mol. The molecule has 3 heterocycles. The van der Waals surface area contributed by atoms with E-state index < -0.39 is 0 Å². The summed E-state index contributed by atoms with van der Waals surface area (Å²) >= 11 is 0. The molecule has 1 aromatic carbocycles. The molecule has 1 atom stereocenters. The molecule has 2 aromatic rings. The van der Waals surface area contributed by atoms with Crippen molar-refractivity contribution in [3.8, 4) is 11.5 Å². The second-order valence-electron chi connectivity index (χ2n) is 6.70. The predicted octanol–water partition coefficient (Wildman–Crippen LogP) is 1.57. The van der Waals surface area contributed by atoms with Crippen LogP contribution in [-0.4, -0.2) is 72.9 Å². The molecular formula is C18H26ClN5O2. The molecule has 2 aliphatic rings. The van der Waals surface area contributed by atoms with Crippen LogP contribution in [0.15, 0.2) is 28.8 Å². The molecule has 142 valence electrons. The fourth-order valence-electron chi connectivity index (χ4n) is 3.44. The van der Waals surface area contributed by atoms with E-state index in [4.69, 9.17) is 14.2 Å². The van der Waals surface area contributed by atoms with Gasteiger partial charge < -0.3 is 14.6 Å². The Morgan fingerprint density at radius 2 is 2.00 bits per heavy atom. The van der Waals surface area contributed by atoms with Gasteiger partial charge in [-0.15, -0.1) is 12.4 Å². The summed E-state index contributed by atoms with van der Waals surface area (Å²) in [7, 11) is 2.11. The Morgan fingerprint density at radius 3 is 2.81 bits per heavy atom. The molecule has 0 amide bonds. The largest absolute Gasteiger partial charge is 0.379 e. The smallest absolute Gasteiger partial charge is 0.258 e. The minimum atomic E-state index is 0. The van der Waals surface area contributed by atoms with E-state index in [-0.39, 0.29) is 18.4 Å². The van der Waals surface area contributed by atoms with Crippen molar-refractivity contribution in [2.24, 2.45) is 0 Å². The Bertz CT molecular complexity index is 704. The van der Waals surface area contributed by atoms with E-state index in [9.17, 15) is 0 Å². The summed E-state index contributed by atoms with van der Waals surface area (Å²) in [4.78, 5) is 9.38. The SMILES string of the molecule is CN1CCNCC1c1noc(-c2ccccc2CN2CCOCC2)n1.Cl. The summed E-state index contributed by atoms with van der Waals surface area (Å²) in [5.41, 5.74) is 2.24. The second-order valence-corrected chi connectivity index (χ2v) is 6.70. The van der Waals surface area contributed by atoms with Crippen LogP contribution in [0.4, 0.5) is 0 Å². The zero-order valence-corrected chi connectivity index (χ0v) is 15.9. The number of piperazine rings is 1. The lowest BCUT2D eigenvalue weighted by Gasteiger charge is -2.30. The Hall–Kier alpha value is -1.51. The lowest BCUT2D eigenvalue weighted by atomic mass is 10.1. The van der Waals surface area contributed by atoms with Crippen molar-refractivity contribution in [3.05, 3.63) is 35.7 Å². The zero-order chi connectivity index (χ0) is 17.1. The van der Waals surface area contributed by atoms with Gasteiger partial charge in [0.2, 0.25) is 0 Å². The van der Waals surface area contributed by atoms with Crippen molar-refractivity contribution >= 4 is 12.4 Å². The lowest BCUT2D eigenvalue weighted by Crippen LogP contribution is -2.44. The van der Waals surface area contributed by atoms with Gasteiger partial charge in [0.05, 0.1) is 19.3 Å². The number of halogens is 1. The minimum absolute atomic E-state index is 0. The van der Waals surface area contributed by atoms with Gasteiger partial charge in [-0.2, -0.15) is 4.98 Å². The molecule has 1 N–H and O–H groups in total. The van der Waals surface area contributed by atoms with E-state index in [1.54, 1.807) is 0 Å². The fraction of sp³-hybridized carbons (Fsp3) is 0.556. The minimum Gasteiger partial charge on any atom is -0.379 e. The number of rotatable bonds is 4. The van der Waals surface area contributed by atoms with Gasteiger partial charge in [-0.25, -0.2) is 0 Å². The number of hydrogen-bond donors (Lipinski definition) is 1. The molecule has 0 bridgehead atoms. The molecule has 26 heavy (non-hydrogen) atoms. The zero-order valence-electron chi connectivity index (χ0n) is 15.1. The van der Waals surface area contributed by atoms with Crippen LogP contribution in [0, 0.1) is 0 Å². The van der Waals surface area contributed by atoms with E-state index in [1.807, 2.05) is 6.07 Å². The molecule has 4 rings (SSSR count). The molecule has 0 saturated carbocycles. The number of benzene rings is 1. The van der Waals surface area contributed by atoms with Crippen molar-refractivity contribution < 1.29 is 9.26 Å². The maximum Gasteiger partial charge on any atom is 0.258 e. The molecule has 1 unspecified atom stereocenters. The third kappa shape index (κ3) is 4.24. The summed E-state index contributed by atoms with van der Waals surface area (Å²) in [6.07, 6.45) is 0. The van der Waals surface area contributed by atoms with Crippen LogP contribution in [0.3, 0.4) is 0 Å². The summed E-state index contributed by atoms with van der Waals surface area (Å²) < 4.78 is 11.1. The predicted molar refractivity (Wildman–Crippen MR) is 101 cm³/mol. The highest BCUT2D eigenvalue weighted by Crippen LogP contribution is 2.26. The fourth-order valence-corrected chi connectivity index (χ4v) is 3.44. The molecule has 2 saturated heterocycles. The van der Waals surface area contributed by atoms with Gasteiger partial charge in [-0.05, 0) is 18.7 Å². The quantitative estimate of drug-likeness (QED) is 0.864. The maximum absolute atomic E-state index is 5.62. The van der Waals surface area contributed by atoms with E-state index in [0.29, 0.717) is 5.89 Å². The van der Waals surface area contributed by atoms with E-state index in [2.05, 4.69) is 45.5 Å². The van der Waals surface area contributed by atoms with Crippen LogP contribution in [0.2, 0.25) is 0 Å². The molecular weight excluding hydrogens is 354 g/mol. The molecule has 1 aromatic heterocycles. The first-order chi connectivity index (χ1) is 12.3. The van der Waals surface area contributed by atoms with Gasteiger partial charge in [-0.3, -0.25) is 9.80 Å². The molecule has 7 nitrogen and oxygen atoms in total. The monoisotopic (exact) mass is 379 g/mol. The van der Waals surface area contributed by atoms with Crippen molar-refractivity contribution in [2.45, 2.75) is 12.6 Å². The Kier molecular flexibility index (Phi) is 6.61. The van der Waals surface area contributed by atoms with Gasteiger partial charge in [0, 0.05) is 44.8 Å². The standard InChI is InChI=1S/C18H25N5O2.ClH/c1-22-7-6-19-12-16(22)17-20-18(25-21-17)15-5-3-2-4-14(15)13-23-8-10-24-11-9-23;/h2-5,16,19H,6-13H2,1H3;1H. The van der Waals surface area contributed by atoms with E-state index in [1.165, 1.54) is 5.56 Å². The summed E-state index contributed by atoms with van der Waals surface area (Å²) in [6.45, 7) is 7.24. The van der Waals surface area contributed by atoms with Crippen molar-refractivity contribution in [2.75, 3.05) is 53.0 Å². The first-order valence-electron chi connectivity index (χ1n) is 8.94. The normalized spacial score (nSPS) is 22.1. The number of nitrogens with zero attached hydrogens (tertiary/aromatic N) is 4. The number of aromatic nitrogens is 2. The number of nitrogens with one attached hydrogen (secondary N) is 1. The third-order valence-corrected chi connectivity index (χ3v) is 5.00. The Balaban J connectivity index is 0.00000196. The van der Waals surface area contributed by atoms with E-state index in [0.717, 1.165) is 63.9 Å². The van der Waals surface area contributed by atoms with Crippen LogP contribution in [0.5, 0.6) is 0 Å². The Morgan fingerprint density at radius 1 is 1.19 bits per heavy atom. The van der Waals surface area contributed by atoms with Crippen LogP contribution in [0.25, 0.3) is 11.5 Å². The summed E-state index contributed by atoms with van der Waals surface area (Å²) in [5, 5.41) is 7.65. The van der Waals surface area contributed by atoms with Crippen molar-refractivity contribution in [1.29, 1.82) is 0 Å². The van der Waals surface area contributed by atoms with Gasteiger partial charge in [0.15, 0.2) is 5.82 Å². The highest BCUT2D eigenvalue weighted by Gasteiger charge is 2.26. The maximum atomic E-state index is 5.62. The van der Waals surface area contributed by atoms with Crippen molar-refractivity contribution in [3.63, 3.8) is 0 Å². The van der Waals surface area contributed by atoms with Crippen molar-refractivity contribution in [1.82, 2.24) is 25.3 Å². The molecule has 0 radical (unpaired) electrons. The second kappa shape index (κ2) is 8.92. The van der Waals surface area contributed by atoms with Gasteiger partial charge in [-0.1, -0.05) is 23.4 Å². The molecule has 0 aliphatic carbocycles. The van der Waals surface area contributed by atoms with Gasteiger partial charge in [0.25, 0.3) is 5.89 Å². The molecule has 2 fully saturated rings. The summed E-state index contributed by atoms with van der Waals surface area (Å²) in [6, 6.07) is 8.46. The number of morpholine rings is 1. The molecule has 8 heteroatoms. The molecule has 2 aliphatic heterocycles. The number of likely N-dealkylation sites (N-methyl/N-ethyl adjacent to an activating group) is 1. The highest BCUT2D eigenvalue weighted by atomic mass is 35.5. The van der Waals surface area contributed by atoms with E-state index >= 15 is 0 Å². The number of ether oxygens (including phenoxy) is 1. The topological polar surface area (TPSA) is 66.7 Å². The van der Waals surface area contributed by atoms with Crippen LogP contribution in [-0.2, 0) is 11.3 Å². The molecule has 0 spiro atoms. The Labute approximate surface area is 160 Å².